The summed E-state index contributed by atoms with van der Waals surface area (Å²) >= 11 is 3.16. The monoisotopic (exact) mass is 274 g/mol. The summed E-state index contributed by atoms with van der Waals surface area (Å²) in [6, 6.07) is 3.06. The third kappa shape index (κ3) is 3.09. The van der Waals surface area contributed by atoms with Crippen LogP contribution in [0.3, 0.4) is 0 Å². The fraction of sp³-hybridized carbons (Fsp3) is 0.455. The first-order valence-electron chi connectivity index (χ1n) is 4.87. The number of hydrogen-bond acceptors (Lipinski definition) is 2. The highest BCUT2D eigenvalue weighted by Gasteiger charge is 2.10. The highest BCUT2D eigenvalue weighted by atomic mass is 79.9. The van der Waals surface area contributed by atoms with Crippen LogP contribution in [0.25, 0.3) is 0 Å². The highest BCUT2D eigenvalue weighted by Crippen LogP contribution is 2.29. The van der Waals surface area contributed by atoms with Crippen molar-refractivity contribution in [1.29, 1.82) is 0 Å². The lowest BCUT2D eigenvalue weighted by atomic mass is 10.2. The van der Waals surface area contributed by atoms with Crippen LogP contribution in [-0.4, -0.2) is 13.6 Å². The summed E-state index contributed by atoms with van der Waals surface area (Å²) < 4.78 is 13.6. The van der Waals surface area contributed by atoms with Gasteiger partial charge in [-0.3, -0.25) is 0 Å². The van der Waals surface area contributed by atoms with Crippen LogP contribution < -0.4 is 10.6 Å². The molecule has 15 heavy (non-hydrogen) atoms. The van der Waals surface area contributed by atoms with Crippen molar-refractivity contribution in [3.63, 3.8) is 0 Å². The van der Waals surface area contributed by atoms with Crippen molar-refractivity contribution < 1.29 is 4.39 Å². The molecule has 0 spiro atoms. The van der Waals surface area contributed by atoms with Gasteiger partial charge in [-0.2, -0.15) is 0 Å². The molecule has 84 valence electrons. The van der Waals surface area contributed by atoms with Gasteiger partial charge in [0.2, 0.25) is 0 Å². The first-order valence-corrected chi connectivity index (χ1v) is 5.66. The van der Waals surface area contributed by atoms with E-state index < -0.39 is 0 Å². The van der Waals surface area contributed by atoms with Crippen molar-refractivity contribution in [1.82, 2.24) is 0 Å². The Morgan fingerprint density at radius 2 is 2.07 bits per heavy atom. The molecule has 0 radical (unpaired) electrons. The third-order valence-electron chi connectivity index (χ3n) is 2.12. The summed E-state index contributed by atoms with van der Waals surface area (Å²) in [6.45, 7) is 5.15. The van der Waals surface area contributed by atoms with Crippen LogP contribution in [0.4, 0.5) is 15.8 Å². The third-order valence-corrected chi connectivity index (χ3v) is 2.73. The van der Waals surface area contributed by atoms with Crippen LogP contribution in [0.2, 0.25) is 0 Å². The standard InChI is InChI=1S/C11H16BrFN2/c1-7(2)6-15(3)11-4-8(12)9(13)5-10(11)14/h4-5,7H,6,14H2,1-3H3. The highest BCUT2D eigenvalue weighted by molar-refractivity contribution is 9.10. The molecule has 1 rings (SSSR count). The molecule has 4 heteroatoms. The average molecular weight is 275 g/mol. The zero-order valence-electron chi connectivity index (χ0n) is 9.22. The van der Waals surface area contributed by atoms with E-state index in [0.29, 0.717) is 16.1 Å². The molecule has 1 aromatic carbocycles. The predicted octanol–water partition coefficient (Wildman–Crippen LogP) is 3.26. The molecule has 0 amide bonds. The van der Waals surface area contributed by atoms with Crippen LogP contribution in [0.5, 0.6) is 0 Å². The number of nitrogens with zero attached hydrogens (tertiary/aromatic N) is 1. The first kappa shape index (κ1) is 12.3. The van der Waals surface area contributed by atoms with Gasteiger partial charge in [-0.15, -0.1) is 0 Å². The summed E-state index contributed by atoms with van der Waals surface area (Å²) in [5.41, 5.74) is 7.09. The quantitative estimate of drug-likeness (QED) is 0.858. The summed E-state index contributed by atoms with van der Waals surface area (Å²) in [5, 5.41) is 0. The predicted molar refractivity (Wildman–Crippen MR) is 66.6 cm³/mol. The molecule has 0 saturated carbocycles. The smallest absolute Gasteiger partial charge is 0.139 e. The lowest BCUT2D eigenvalue weighted by Crippen LogP contribution is -2.23. The van der Waals surface area contributed by atoms with E-state index in [2.05, 4.69) is 29.8 Å². The van der Waals surface area contributed by atoms with Crippen LogP contribution in [-0.2, 0) is 0 Å². The number of rotatable bonds is 3. The maximum Gasteiger partial charge on any atom is 0.139 e. The van der Waals surface area contributed by atoms with Crippen LogP contribution in [0.1, 0.15) is 13.8 Å². The minimum absolute atomic E-state index is 0.325. The van der Waals surface area contributed by atoms with E-state index in [1.165, 1.54) is 6.07 Å². The van der Waals surface area contributed by atoms with Gasteiger partial charge in [0.05, 0.1) is 15.8 Å². The lowest BCUT2D eigenvalue weighted by Gasteiger charge is -2.23. The fourth-order valence-corrected chi connectivity index (χ4v) is 1.86. The maximum atomic E-state index is 13.1. The van der Waals surface area contributed by atoms with E-state index in [0.717, 1.165) is 12.2 Å². The Balaban J connectivity index is 2.98. The van der Waals surface area contributed by atoms with Gasteiger partial charge < -0.3 is 10.6 Å². The summed E-state index contributed by atoms with van der Waals surface area (Å²) in [7, 11) is 1.95. The molecule has 0 bridgehead atoms. The maximum absolute atomic E-state index is 13.1. The Morgan fingerprint density at radius 1 is 1.47 bits per heavy atom. The Bertz CT molecular complexity index is 353. The molecular formula is C11H16BrFN2. The second kappa shape index (κ2) is 4.84. The van der Waals surface area contributed by atoms with E-state index in [-0.39, 0.29) is 5.82 Å². The van der Waals surface area contributed by atoms with E-state index in [1.807, 2.05) is 11.9 Å². The van der Waals surface area contributed by atoms with Crippen molar-refractivity contribution in [2.45, 2.75) is 13.8 Å². The molecule has 0 atom stereocenters. The summed E-state index contributed by atoms with van der Waals surface area (Å²) in [6.07, 6.45) is 0. The van der Waals surface area contributed by atoms with Crippen LogP contribution in [0.15, 0.2) is 16.6 Å². The molecule has 2 N–H and O–H groups in total. The second-order valence-electron chi connectivity index (χ2n) is 4.10. The zero-order valence-corrected chi connectivity index (χ0v) is 10.8. The molecule has 0 unspecified atom stereocenters. The van der Waals surface area contributed by atoms with Crippen molar-refractivity contribution in [3.8, 4) is 0 Å². The number of nitrogens with two attached hydrogens (primary N) is 1. The fourth-order valence-electron chi connectivity index (χ4n) is 1.53. The topological polar surface area (TPSA) is 29.3 Å². The molecule has 0 aromatic heterocycles. The van der Waals surface area contributed by atoms with E-state index in [1.54, 1.807) is 6.07 Å². The molecule has 0 aliphatic rings. The molecule has 0 heterocycles. The average Bonchev–Trinajstić information content (AvgIpc) is 2.09. The molecular weight excluding hydrogens is 259 g/mol. The molecule has 1 aromatic rings. The number of benzene rings is 1. The van der Waals surface area contributed by atoms with Gasteiger partial charge in [0, 0.05) is 19.7 Å². The largest absolute Gasteiger partial charge is 0.397 e. The lowest BCUT2D eigenvalue weighted by molar-refractivity contribution is 0.619. The van der Waals surface area contributed by atoms with Gasteiger partial charge in [-0.1, -0.05) is 13.8 Å². The van der Waals surface area contributed by atoms with Gasteiger partial charge in [0.1, 0.15) is 5.82 Å². The Hall–Kier alpha value is -0.770. The molecule has 0 saturated heterocycles. The Kier molecular flexibility index (Phi) is 3.97. The van der Waals surface area contributed by atoms with Crippen molar-refractivity contribution in [2.24, 2.45) is 5.92 Å². The Morgan fingerprint density at radius 3 is 2.60 bits per heavy atom. The number of halogens is 2. The molecule has 0 aliphatic heterocycles. The van der Waals surface area contributed by atoms with Gasteiger partial charge in [0.25, 0.3) is 0 Å². The number of hydrogen-bond donors (Lipinski definition) is 1. The summed E-state index contributed by atoms with van der Waals surface area (Å²) in [4.78, 5) is 2.03. The molecule has 0 aliphatic carbocycles. The number of anilines is 2. The SMILES string of the molecule is CC(C)CN(C)c1cc(Br)c(F)cc1N. The van der Waals surface area contributed by atoms with Crippen molar-refractivity contribution in [2.75, 3.05) is 24.2 Å². The second-order valence-corrected chi connectivity index (χ2v) is 4.95. The van der Waals surface area contributed by atoms with Gasteiger partial charge >= 0.3 is 0 Å². The van der Waals surface area contributed by atoms with E-state index in [9.17, 15) is 4.39 Å². The molecule has 2 nitrogen and oxygen atoms in total. The minimum Gasteiger partial charge on any atom is -0.397 e. The van der Waals surface area contributed by atoms with Crippen molar-refractivity contribution in [3.05, 3.63) is 22.4 Å². The zero-order chi connectivity index (χ0) is 11.6. The van der Waals surface area contributed by atoms with Gasteiger partial charge in [-0.05, 0) is 27.9 Å². The van der Waals surface area contributed by atoms with Crippen LogP contribution >= 0.6 is 15.9 Å². The van der Waals surface area contributed by atoms with Gasteiger partial charge in [-0.25, -0.2) is 4.39 Å². The van der Waals surface area contributed by atoms with E-state index in [4.69, 9.17) is 5.73 Å². The van der Waals surface area contributed by atoms with Crippen LogP contribution in [0, 0.1) is 11.7 Å². The van der Waals surface area contributed by atoms with E-state index >= 15 is 0 Å². The summed E-state index contributed by atoms with van der Waals surface area (Å²) in [5.74, 6) is 0.215. The Labute approximate surface area is 98.4 Å². The number of nitrogen functional groups attached to an aromatic ring is 1. The van der Waals surface area contributed by atoms with Gasteiger partial charge in [0.15, 0.2) is 0 Å². The first-order chi connectivity index (χ1) is 6.91. The minimum atomic E-state index is -0.325. The molecule has 0 fully saturated rings. The normalized spacial score (nSPS) is 10.8. The van der Waals surface area contributed by atoms with Crippen molar-refractivity contribution >= 4 is 27.3 Å².